The first-order valence-corrected chi connectivity index (χ1v) is 8.08. The summed E-state index contributed by atoms with van der Waals surface area (Å²) in [6.45, 7) is 6.84. The highest BCUT2D eigenvalue weighted by atomic mass is 35.5. The van der Waals surface area contributed by atoms with Gasteiger partial charge >= 0.3 is 6.03 Å². The van der Waals surface area contributed by atoms with Crippen LogP contribution in [0.2, 0.25) is 0 Å². The molecule has 2 rings (SSSR count). The molecule has 2 aliphatic rings. The number of urea groups is 1. The Morgan fingerprint density at radius 2 is 1.91 bits per heavy atom. The number of likely N-dealkylation sites (N-methyl/N-ethyl adjacent to an activating group) is 1. The van der Waals surface area contributed by atoms with Crippen LogP contribution in [0.3, 0.4) is 0 Å². The van der Waals surface area contributed by atoms with Crippen LogP contribution >= 0.6 is 12.4 Å². The van der Waals surface area contributed by atoms with E-state index < -0.39 is 17.6 Å². The molecule has 23 heavy (non-hydrogen) atoms. The summed E-state index contributed by atoms with van der Waals surface area (Å²) in [4.78, 5) is 38.0. The van der Waals surface area contributed by atoms with E-state index >= 15 is 0 Å². The van der Waals surface area contributed by atoms with Crippen molar-refractivity contribution in [2.45, 2.75) is 64.1 Å². The largest absolute Gasteiger partial charge is 0.353 e. The van der Waals surface area contributed by atoms with Crippen LogP contribution in [0.1, 0.15) is 46.5 Å². The van der Waals surface area contributed by atoms with Gasteiger partial charge in [-0.2, -0.15) is 0 Å². The molecule has 4 amide bonds. The number of carbonyl (C=O) groups is 3. The molecule has 3 N–H and O–H groups in total. The molecule has 1 heterocycles. The van der Waals surface area contributed by atoms with Crippen molar-refractivity contribution in [2.24, 2.45) is 0 Å². The van der Waals surface area contributed by atoms with Gasteiger partial charge in [0.25, 0.3) is 5.91 Å². The summed E-state index contributed by atoms with van der Waals surface area (Å²) in [5.74, 6) is -0.555. The number of nitrogens with zero attached hydrogens (tertiary/aromatic N) is 1. The summed E-state index contributed by atoms with van der Waals surface area (Å²) in [7, 11) is 0. The highest BCUT2D eigenvalue weighted by Gasteiger charge is 2.54. The third-order valence-corrected chi connectivity index (χ3v) is 4.55. The van der Waals surface area contributed by atoms with Crippen molar-refractivity contribution < 1.29 is 14.4 Å². The van der Waals surface area contributed by atoms with Gasteiger partial charge in [0.1, 0.15) is 11.6 Å². The standard InChI is InChI=1S/C15H26N4O3.ClH/c1-4-16-10(2)9-17-12(20)11(3)19-13(21)15(18-14(19)22)7-5-6-8-15;/h10-11,16H,4-9H2,1-3H3,(H,17,20)(H,18,22);1H/t10-,11?;/m1./s1. The van der Waals surface area contributed by atoms with Gasteiger partial charge < -0.3 is 16.0 Å². The first-order chi connectivity index (χ1) is 10.4. The molecule has 8 heteroatoms. The smallest absolute Gasteiger partial charge is 0.325 e. The van der Waals surface area contributed by atoms with Crippen LogP contribution in [0.15, 0.2) is 0 Å². The Kier molecular flexibility index (Phi) is 6.83. The van der Waals surface area contributed by atoms with Crippen molar-refractivity contribution in [1.29, 1.82) is 0 Å². The minimum Gasteiger partial charge on any atom is -0.353 e. The maximum absolute atomic E-state index is 12.6. The number of rotatable bonds is 6. The SMILES string of the molecule is CCN[C@H](C)CNC(=O)C(C)N1C(=O)NC2(CCCC2)C1=O.Cl. The third-order valence-electron chi connectivity index (χ3n) is 4.55. The molecule has 2 atom stereocenters. The highest BCUT2D eigenvalue weighted by Crippen LogP contribution is 2.35. The average molecular weight is 347 g/mol. The predicted molar refractivity (Wildman–Crippen MR) is 89.4 cm³/mol. The van der Waals surface area contributed by atoms with Crippen LogP contribution in [0.4, 0.5) is 4.79 Å². The molecule has 0 radical (unpaired) electrons. The Hall–Kier alpha value is -1.34. The van der Waals surface area contributed by atoms with Crippen molar-refractivity contribution in [3.8, 4) is 0 Å². The number of halogens is 1. The summed E-state index contributed by atoms with van der Waals surface area (Å²) >= 11 is 0. The van der Waals surface area contributed by atoms with Crippen molar-refractivity contribution in [1.82, 2.24) is 20.9 Å². The quantitative estimate of drug-likeness (QED) is 0.620. The van der Waals surface area contributed by atoms with E-state index in [0.29, 0.717) is 19.4 Å². The van der Waals surface area contributed by atoms with Crippen molar-refractivity contribution in [3.63, 3.8) is 0 Å². The zero-order chi connectivity index (χ0) is 16.3. The van der Waals surface area contributed by atoms with Crippen LogP contribution in [-0.4, -0.2) is 53.5 Å². The molecule has 0 aromatic heterocycles. The van der Waals surface area contributed by atoms with Gasteiger partial charge in [0.15, 0.2) is 0 Å². The van der Waals surface area contributed by atoms with Gasteiger partial charge in [0.05, 0.1) is 0 Å². The van der Waals surface area contributed by atoms with Gasteiger partial charge in [-0.1, -0.05) is 19.8 Å². The maximum atomic E-state index is 12.6. The maximum Gasteiger partial charge on any atom is 0.325 e. The van der Waals surface area contributed by atoms with Crippen molar-refractivity contribution in [3.05, 3.63) is 0 Å². The second-order valence-electron chi connectivity index (χ2n) is 6.27. The van der Waals surface area contributed by atoms with Crippen LogP contribution in [0.25, 0.3) is 0 Å². The summed E-state index contributed by atoms with van der Waals surface area (Å²) in [6.07, 6.45) is 3.20. The molecule has 1 spiro atoms. The Morgan fingerprint density at radius 1 is 1.30 bits per heavy atom. The van der Waals surface area contributed by atoms with E-state index in [0.717, 1.165) is 24.3 Å². The van der Waals surface area contributed by atoms with Crippen LogP contribution < -0.4 is 16.0 Å². The van der Waals surface area contributed by atoms with Crippen molar-refractivity contribution in [2.75, 3.05) is 13.1 Å². The van der Waals surface area contributed by atoms with Gasteiger partial charge in [-0.05, 0) is 33.2 Å². The van der Waals surface area contributed by atoms with Gasteiger partial charge in [-0.3, -0.25) is 9.59 Å². The lowest BCUT2D eigenvalue weighted by molar-refractivity contribution is -0.137. The summed E-state index contributed by atoms with van der Waals surface area (Å²) in [5.41, 5.74) is -0.761. The number of hydrogen-bond acceptors (Lipinski definition) is 4. The second kappa shape index (κ2) is 7.97. The first-order valence-electron chi connectivity index (χ1n) is 8.08. The van der Waals surface area contributed by atoms with E-state index in [1.54, 1.807) is 6.92 Å². The second-order valence-corrected chi connectivity index (χ2v) is 6.27. The Bertz CT molecular complexity index is 466. The Morgan fingerprint density at radius 3 is 2.48 bits per heavy atom. The van der Waals surface area contributed by atoms with Gasteiger partial charge in [-0.25, -0.2) is 9.69 Å². The first kappa shape index (κ1) is 19.7. The molecule has 1 saturated carbocycles. The molecule has 1 unspecified atom stereocenters. The molecule has 2 fully saturated rings. The fourth-order valence-electron chi connectivity index (χ4n) is 3.25. The fourth-order valence-corrected chi connectivity index (χ4v) is 3.25. The molecule has 0 bridgehead atoms. The summed E-state index contributed by atoms with van der Waals surface area (Å²) in [5, 5.41) is 8.78. The lowest BCUT2D eigenvalue weighted by Gasteiger charge is -2.24. The van der Waals surface area contributed by atoms with Gasteiger partial charge in [-0.15, -0.1) is 12.4 Å². The minimum absolute atomic E-state index is 0. The third kappa shape index (κ3) is 3.95. The van der Waals surface area contributed by atoms with Crippen LogP contribution in [-0.2, 0) is 9.59 Å². The zero-order valence-corrected chi connectivity index (χ0v) is 14.8. The molecule has 1 saturated heterocycles. The molecule has 7 nitrogen and oxygen atoms in total. The lowest BCUT2D eigenvalue weighted by Crippen LogP contribution is -2.51. The number of carbonyl (C=O) groups excluding carboxylic acids is 3. The average Bonchev–Trinajstić information content (AvgIpc) is 3.03. The van der Waals surface area contributed by atoms with E-state index in [9.17, 15) is 14.4 Å². The summed E-state index contributed by atoms with van der Waals surface area (Å²) in [6, 6.07) is -1.10. The predicted octanol–water partition coefficient (Wildman–Crippen LogP) is 0.776. The fraction of sp³-hybridized carbons (Fsp3) is 0.800. The van der Waals surface area contributed by atoms with Crippen LogP contribution in [0, 0.1) is 0 Å². The molecule has 1 aliphatic carbocycles. The molecule has 0 aromatic carbocycles. The molecular weight excluding hydrogens is 320 g/mol. The highest BCUT2D eigenvalue weighted by molar-refractivity contribution is 6.09. The number of hydrogen-bond donors (Lipinski definition) is 3. The van der Waals surface area contributed by atoms with E-state index in [-0.39, 0.29) is 30.3 Å². The van der Waals surface area contributed by atoms with Gasteiger partial charge in [0.2, 0.25) is 5.91 Å². The van der Waals surface area contributed by atoms with E-state index in [1.807, 2.05) is 13.8 Å². The lowest BCUT2D eigenvalue weighted by atomic mass is 9.97. The van der Waals surface area contributed by atoms with Crippen LogP contribution in [0.5, 0.6) is 0 Å². The van der Waals surface area contributed by atoms with E-state index in [2.05, 4.69) is 16.0 Å². The number of nitrogens with one attached hydrogen (secondary N) is 3. The molecular formula is C15H27ClN4O3. The van der Waals surface area contributed by atoms with E-state index in [4.69, 9.17) is 0 Å². The monoisotopic (exact) mass is 346 g/mol. The molecule has 0 aromatic rings. The topological polar surface area (TPSA) is 90.5 Å². The normalized spacial score (nSPS) is 21.8. The molecule has 132 valence electrons. The minimum atomic E-state index is -0.790. The number of amides is 4. The van der Waals surface area contributed by atoms with Gasteiger partial charge in [0, 0.05) is 12.6 Å². The Labute approximate surface area is 143 Å². The molecule has 1 aliphatic heterocycles. The van der Waals surface area contributed by atoms with E-state index in [1.165, 1.54) is 0 Å². The zero-order valence-electron chi connectivity index (χ0n) is 14.0. The van der Waals surface area contributed by atoms with Crippen molar-refractivity contribution >= 4 is 30.3 Å². The Balaban J connectivity index is 0.00000264. The summed E-state index contributed by atoms with van der Waals surface area (Å²) < 4.78 is 0. The number of imide groups is 1.